The zero-order valence-corrected chi connectivity index (χ0v) is 13.5. The van der Waals surface area contributed by atoms with Crippen molar-refractivity contribution in [2.45, 2.75) is 19.4 Å². The van der Waals surface area contributed by atoms with E-state index in [1.165, 1.54) is 17.4 Å². The number of nitro groups is 1. The predicted octanol–water partition coefficient (Wildman–Crippen LogP) is 2.92. The van der Waals surface area contributed by atoms with Gasteiger partial charge in [0.25, 0.3) is 5.69 Å². The first-order valence-corrected chi connectivity index (χ1v) is 8.56. The van der Waals surface area contributed by atoms with Crippen molar-refractivity contribution in [1.29, 1.82) is 0 Å². The molecule has 2 heterocycles. The highest BCUT2D eigenvalue weighted by Crippen LogP contribution is 2.27. The number of likely N-dealkylation sites (tertiary alicyclic amines) is 1. The van der Waals surface area contributed by atoms with Crippen molar-refractivity contribution >= 4 is 17.0 Å². The molecule has 1 fully saturated rings. The third kappa shape index (κ3) is 3.93. The summed E-state index contributed by atoms with van der Waals surface area (Å²) in [5.41, 5.74) is 1.87. The minimum atomic E-state index is -0.386. The van der Waals surface area contributed by atoms with Crippen molar-refractivity contribution in [3.05, 3.63) is 45.5 Å². The molecule has 1 aromatic carbocycles. The Bertz CT molecular complexity index is 681. The lowest BCUT2D eigenvalue weighted by atomic mass is 9.98. The molecule has 7 heteroatoms. The molecule has 0 radical (unpaired) electrons. The van der Waals surface area contributed by atoms with Crippen LogP contribution in [0.3, 0.4) is 0 Å². The molecule has 0 aliphatic carbocycles. The molecule has 1 N–H and O–H groups in total. The summed E-state index contributed by atoms with van der Waals surface area (Å²) in [5, 5.41) is 22.9. The molecule has 1 saturated heterocycles. The van der Waals surface area contributed by atoms with Gasteiger partial charge in [0.15, 0.2) is 0 Å². The second kappa shape index (κ2) is 7.16. The molecule has 1 aliphatic heterocycles. The number of hydrogen-bond acceptors (Lipinski definition) is 6. The van der Waals surface area contributed by atoms with E-state index in [2.05, 4.69) is 9.88 Å². The Balaban J connectivity index is 1.66. The molecule has 0 amide bonds. The molecule has 2 aromatic rings. The van der Waals surface area contributed by atoms with Crippen molar-refractivity contribution in [3.8, 4) is 10.6 Å². The van der Waals surface area contributed by atoms with E-state index in [1.807, 2.05) is 11.4 Å². The van der Waals surface area contributed by atoms with Gasteiger partial charge < -0.3 is 5.11 Å². The van der Waals surface area contributed by atoms with Gasteiger partial charge in [0.05, 0.1) is 10.6 Å². The lowest BCUT2D eigenvalue weighted by Gasteiger charge is -2.30. The molecule has 0 unspecified atom stereocenters. The number of thiazole rings is 1. The van der Waals surface area contributed by atoms with Crippen molar-refractivity contribution in [3.63, 3.8) is 0 Å². The summed E-state index contributed by atoms with van der Waals surface area (Å²) in [6, 6.07) is 6.59. The molecule has 0 bridgehead atoms. The van der Waals surface area contributed by atoms with E-state index in [1.54, 1.807) is 12.1 Å². The normalized spacial score (nSPS) is 16.6. The number of piperidine rings is 1. The highest BCUT2D eigenvalue weighted by Gasteiger charge is 2.19. The fraction of sp³-hybridized carbons (Fsp3) is 0.438. The van der Waals surface area contributed by atoms with Crippen molar-refractivity contribution in [2.24, 2.45) is 5.92 Å². The van der Waals surface area contributed by atoms with Crippen LogP contribution < -0.4 is 0 Å². The van der Waals surface area contributed by atoms with E-state index in [9.17, 15) is 15.2 Å². The summed E-state index contributed by atoms with van der Waals surface area (Å²) in [6.07, 6.45) is 2.05. The van der Waals surface area contributed by atoms with Gasteiger partial charge in [-0.1, -0.05) is 12.1 Å². The van der Waals surface area contributed by atoms with Gasteiger partial charge in [0, 0.05) is 36.2 Å². The van der Waals surface area contributed by atoms with E-state index in [0.717, 1.165) is 48.7 Å². The quantitative estimate of drug-likeness (QED) is 0.672. The Hall–Kier alpha value is -1.83. The molecule has 0 spiro atoms. The van der Waals surface area contributed by atoms with Crippen LogP contribution in [0.4, 0.5) is 5.69 Å². The maximum atomic E-state index is 10.9. The van der Waals surface area contributed by atoms with Crippen LogP contribution >= 0.6 is 11.3 Å². The van der Waals surface area contributed by atoms with E-state index < -0.39 is 0 Å². The van der Waals surface area contributed by atoms with Crippen LogP contribution in [0.2, 0.25) is 0 Å². The molecule has 6 nitrogen and oxygen atoms in total. The Morgan fingerprint density at radius 1 is 1.39 bits per heavy atom. The second-order valence-corrected chi connectivity index (χ2v) is 6.71. The highest BCUT2D eigenvalue weighted by molar-refractivity contribution is 7.13. The lowest BCUT2D eigenvalue weighted by molar-refractivity contribution is -0.384. The topological polar surface area (TPSA) is 79.5 Å². The summed E-state index contributed by atoms with van der Waals surface area (Å²) in [6.45, 7) is 3.04. The number of non-ortho nitro benzene ring substituents is 1. The van der Waals surface area contributed by atoms with Gasteiger partial charge in [-0.05, 0) is 31.8 Å². The Morgan fingerprint density at radius 3 is 2.87 bits per heavy atom. The number of aromatic nitrogens is 1. The van der Waals surface area contributed by atoms with Crippen LogP contribution in [0.15, 0.2) is 29.6 Å². The molecule has 1 aliphatic rings. The Morgan fingerprint density at radius 2 is 2.17 bits per heavy atom. The highest BCUT2D eigenvalue weighted by atomic mass is 32.1. The molecular formula is C16H19N3O3S. The van der Waals surface area contributed by atoms with Gasteiger partial charge in [-0.2, -0.15) is 0 Å². The van der Waals surface area contributed by atoms with E-state index >= 15 is 0 Å². The average Bonchev–Trinajstić information content (AvgIpc) is 3.04. The minimum absolute atomic E-state index is 0.0883. The monoisotopic (exact) mass is 333 g/mol. The Labute approximate surface area is 138 Å². The predicted molar refractivity (Wildman–Crippen MR) is 89.3 cm³/mol. The fourth-order valence-corrected chi connectivity index (χ4v) is 3.63. The molecule has 0 atom stereocenters. The van der Waals surface area contributed by atoms with Gasteiger partial charge in [0.2, 0.25) is 0 Å². The van der Waals surface area contributed by atoms with Gasteiger partial charge in [-0.3, -0.25) is 15.0 Å². The van der Waals surface area contributed by atoms with Crippen LogP contribution in [0.25, 0.3) is 10.6 Å². The number of aliphatic hydroxyl groups excluding tert-OH is 1. The molecule has 1 aromatic heterocycles. The third-order valence-electron chi connectivity index (χ3n) is 4.21. The minimum Gasteiger partial charge on any atom is -0.396 e. The van der Waals surface area contributed by atoms with Crippen LogP contribution in [0, 0.1) is 16.0 Å². The summed E-state index contributed by atoms with van der Waals surface area (Å²) < 4.78 is 0. The number of nitrogens with zero attached hydrogens (tertiary/aromatic N) is 3. The summed E-state index contributed by atoms with van der Waals surface area (Å²) >= 11 is 1.52. The first-order valence-electron chi connectivity index (χ1n) is 7.68. The average molecular weight is 333 g/mol. The number of hydrogen-bond donors (Lipinski definition) is 1. The summed E-state index contributed by atoms with van der Waals surface area (Å²) in [4.78, 5) is 17.4. The SMILES string of the molecule is O=[N+]([O-])c1cccc(-c2nc(CN3CCC(CO)CC3)cs2)c1. The van der Waals surface area contributed by atoms with E-state index in [4.69, 9.17) is 0 Å². The third-order valence-corrected chi connectivity index (χ3v) is 5.15. The zero-order chi connectivity index (χ0) is 16.2. The van der Waals surface area contributed by atoms with Crippen LogP contribution in [0.5, 0.6) is 0 Å². The molecule has 122 valence electrons. The van der Waals surface area contributed by atoms with Crippen molar-refractivity contribution < 1.29 is 10.0 Å². The second-order valence-electron chi connectivity index (χ2n) is 5.85. The van der Waals surface area contributed by atoms with Crippen LogP contribution in [0.1, 0.15) is 18.5 Å². The van der Waals surface area contributed by atoms with E-state index in [0.29, 0.717) is 5.92 Å². The largest absolute Gasteiger partial charge is 0.396 e. The molecule has 3 rings (SSSR count). The van der Waals surface area contributed by atoms with Gasteiger partial charge in [-0.15, -0.1) is 11.3 Å². The first-order chi connectivity index (χ1) is 11.2. The van der Waals surface area contributed by atoms with Crippen molar-refractivity contribution in [2.75, 3.05) is 19.7 Å². The summed E-state index contributed by atoms with van der Waals surface area (Å²) in [7, 11) is 0. The Kier molecular flexibility index (Phi) is 5.00. The number of aliphatic hydroxyl groups is 1. The van der Waals surface area contributed by atoms with Crippen molar-refractivity contribution in [1.82, 2.24) is 9.88 Å². The van der Waals surface area contributed by atoms with Crippen LogP contribution in [-0.2, 0) is 6.54 Å². The van der Waals surface area contributed by atoms with E-state index in [-0.39, 0.29) is 17.2 Å². The molecular weight excluding hydrogens is 314 g/mol. The maximum absolute atomic E-state index is 10.9. The lowest BCUT2D eigenvalue weighted by Crippen LogP contribution is -2.34. The van der Waals surface area contributed by atoms with Gasteiger partial charge >= 0.3 is 0 Å². The van der Waals surface area contributed by atoms with Gasteiger partial charge in [0.1, 0.15) is 5.01 Å². The van der Waals surface area contributed by atoms with Gasteiger partial charge in [-0.25, -0.2) is 4.98 Å². The molecule has 23 heavy (non-hydrogen) atoms. The van der Waals surface area contributed by atoms with Crippen LogP contribution in [-0.4, -0.2) is 39.6 Å². The number of nitro benzene ring substituents is 1. The number of rotatable bonds is 5. The number of benzene rings is 1. The fourth-order valence-electron chi connectivity index (χ4n) is 2.82. The maximum Gasteiger partial charge on any atom is 0.270 e. The molecule has 0 saturated carbocycles. The first kappa shape index (κ1) is 16.0. The smallest absolute Gasteiger partial charge is 0.270 e. The standard InChI is InChI=1S/C16H19N3O3S/c20-10-12-4-6-18(7-5-12)9-14-11-23-16(17-14)13-2-1-3-15(8-13)19(21)22/h1-3,8,11-12,20H,4-7,9-10H2. The zero-order valence-electron chi connectivity index (χ0n) is 12.7. The summed E-state index contributed by atoms with van der Waals surface area (Å²) in [5.74, 6) is 0.433.